The lowest BCUT2D eigenvalue weighted by atomic mass is 10.1. The molecule has 0 bridgehead atoms. The second-order valence-corrected chi connectivity index (χ2v) is 6.97. The third-order valence-corrected chi connectivity index (χ3v) is 4.91. The summed E-state index contributed by atoms with van der Waals surface area (Å²) in [4.78, 5) is 16.3. The van der Waals surface area contributed by atoms with Crippen molar-refractivity contribution in [1.82, 2.24) is 24.7 Å². The summed E-state index contributed by atoms with van der Waals surface area (Å²) in [6.07, 6.45) is 3.48. The van der Waals surface area contributed by atoms with Crippen LogP contribution in [0.25, 0.3) is 28.2 Å². The summed E-state index contributed by atoms with van der Waals surface area (Å²) in [5, 5.41) is 4.41. The van der Waals surface area contributed by atoms with Crippen LogP contribution in [0.5, 0.6) is 0 Å². The van der Waals surface area contributed by atoms with Gasteiger partial charge in [0.05, 0.1) is 30.6 Å². The second-order valence-electron chi connectivity index (χ2n) is 6.97. The average molecular weight is 390 g/mol. The zero-order valence-electron chi connectivity index (χ0n) is 15.9. The molecule has 29 heavy (non-hydrogen) atoms. The summed E-state index contributed by atoms with van der Waals surface area (Å²) in [6.45, 7) is 4.73. The lowest BCUT2D eigenvalue weighted by Gasteiger charge is -2.28. The van der Waals surface area contributed by atoms with E-state index >= 15 is 0 Å². The number of fused-ring (bicyclic) bond motifs is 1. The Kier molecular flexibility index (Phi) is 4.40. The molecule has 3 aromatic heterocycles. The van der Waals surface area contributed by atoms with Crippen molar-refractivity contribution in [2.24, 2.45) is 0 Å². The summed E-state index contributed by atoms with van der Waals surface area (Å²) >= 11 is 0. The molecule has 8 heteroatoms. The van der Waals surface area contributed by atoms with Gasteiger partial charge in [-0.3, -0.25) is 4.98 Å². The van der Waals surface area contributed by atoms with Crippen LogP contribution in [0.1, 0.15) is 5.56 Å². The number of hydrogen-bond donors (Lipinski definition) is 0. The molecule has 1 aliphatic heterocycles. The van der Waals surface area contributed by atoms with E-state index in [1.54, 1.807) is 16.9 Å². The number of anilines is 1. The molecule has 7 nitrogen and oxygen atoms in total. The summed E-state index contributed by atoms with van der Waals surface area (Å²) < 4.78 is 20.9. The maximum atomic E-state index is 13.8. The number of pyridine rings is 1. The highest BCUT2D eigenvalue weighted by atomic mass is 19.1. The molecule has 0 N–H and O–H groups in total. The fourth-order valence-electron chi connectivity index (χ4n) is 3.51. The molecule has 5 rings (SSSR count). The molecule has 0 atom stereocenters. The SMILES string of the molecule is Cc1cnc2c(N3CCOCC3)nc(-n3nccc3-c3cccc(F)c3)nc2c1. The van der Waals surface area contributed by atoms with Gasteiger partial charge >= 0.3 is 0 Å². The van der Waals surface area contributed by atoms with Gasteiger partial charge in [-0.2, -0.15) is 14.8 Å². The minimum Gasteiger partial charge on any atom is -0.378 e. The smallest absolute Gasteiger partial charge is 0.253 e. The third-order valence-electron chi connectivity index (χ3n) is 4.91. The summed E-state index contributed by atoms with van der Waals surface area (Å²) in [5.74, 6) is 0.883. The average Bonchev–Trinajstić information content (AvgIpc) is 3.23. The van der Waals surface area contributed by atoms with Crippen molar-refractivity contribution in [3.05, 3.63) is 60.2 Å². The lowest BCUT2D eigenvalue weighted by Crippen LogP contribution is -2.37. The Morgan fingerprint density at radius 3 is 2.76 bits per heavy atom. The largest absolute Gasteiger partial charge is 0.378 e. The quantitative estimate of drug-likeness (QED) is 0.535. The van der Waals surface area contributed by atoms with Crippen LogP contribution in [0.2, 0.25) is 0 Å². The van der Waals surface area contributed by atoms with Crippen molar-refractivity contribution in [1.29, 1.82) is 0 Å². The fourth-order valence-corrected chi connectivity index (χ4v) is 3.51. The molecule has 1 saturated heterocycles. The molecule has 0 saturated carbocycles. The number of ether oxygens (including phenoxy) is 1. The van der Waals surface area contributed by atoms with E-state index < -0.39 is 0 Å². The van der Waals surface area contributed by atoms with Crippen LogP contribution < -0.4 is 4.90 Å². The van der Waals surface area contributed by atoms with Gasteiger partial charge in [0.25, 0.3) is 5.95 Å². The normalized spacial score (nSPS) is 14.5. The van der Waals surface area contributed by atoms with Crippen LogP contribution in [0.3, 0.4) is 0 Å². The first-order valence-corrected chi connectivity index (χ1v) is 9.46. The predicted octanol–water partition coefficient (Wildman–Crippen LogP) is 3.16. The minimum absolute atomic E-state index is 0.302. The van der Waals surface area contributed by atoms with Crippen LogP contribution in [0, 0.1) is 12.7 Å². The summed E-state index contributed by atoms with van der Waals surface area (Å²) in [5.41, 5.74) is 3.94. The van der Waals surface area contributed by atoms with E-state index in [1.807, 2.05) is 31.3 Å². The van der Waals surface area contributed by atoms with Gasteiger partial charge in [-0.05, 0) is 36.8 Å². The number of benzene rings is 1. The van der Waals surface area contributed by atoms with E-state index in [2.05, 4.69) is 15.0 Å². The fraction of sp³-hybridized carbons (Fsp3) is 0.238. The molecule has 0 spiro atoms. The van der Waals surface area contributed by atoms with Crippen molar-refractivity contribution in [3.63, 3.8) is 0 Å². The minimum atomic E-state index is -0.302. The Bertz CT molecular complexity index is 1180. The third kappa shape index (κ3) is 3.31. The first-order chi connectivity index (χ1) is 14.2. The molecule has 4 aromatic rings. The van der Waals surface area contributed by atoms with Gasteiger partial charge in [-0.15, -0.1) is 0 Å². The van der Waals surface area contributed by atoms with Crippen LogP contribution in [-0.4, -0.2) is 51.0 Å². The molecule has 0 unspecified atom stereocenters. The number of halogens is 1. The first-order valence-electron chi connectivity index (χ1n) is 9.46. The monoisotopic (exact) mass is 390 g/mol. The molecule has 0 radical (unpaired) electrons. The highest BCUT2D eigenvalue weighted by molar-refractivity contribution is 5.86. The number of hydrogen-bond acceptors (Lipinski definition) is 6. The Balaban J connectivity index is 1.69. The molecular formula is C21H19FN6O. The van der Waals surface area contributed by atoms with Gasteiger partial charge in [-0.25, -0.2) is 9.37 Å². The maximum Gasteiger partial charge on any atom is 0.253 e. The van der Waals surface area contributed by atoms with E-state index in [9.17, 15) is 4.39 Å². The van der Waals surface area contributed by atoms with E-state index in [0.29, 0.717) is 24.7 Å². The number of nitrogens with zero attached hydrogens (tertiary/aromatic N) is 6. The maximum absolute atomic E-state index is 13.8. The van der Waals surface area contributed by atoms with E-state index in [1.165, 1.54) is 12.1 Å². The van der Waals surface area contributed by atoms with Gasteiger partial charge in [0.2, 0.25) is 0 Å². The topological polar surface area (TPSA) is 69.0 Å². The van der Waals surface area contributed by atoms with Crippen LogP contribution in [0.4, 0.5) is 10.2 Å². The van der Waals surface area contributed by atoms with Crippen LogP contribution in [0.15, 0.2) is 48.8 Å². The van der Waals surface area contributed by atoms with Gasteiger partial charge in [0.1, 0.15) is 11.3 Å². The molecule has 4 heterocycles. The van der Waals surface area contributed by atoms with Gasteiger partial charge in [-0.1, -0.05) is 12.1 Å². The van der Waals surface area contributed by atoms with Crippen molar-refractivity contribution in [2.45, 2.75) is 6.92 Å². The Hall–Kier alpha value is -3.39. The van der Waals surface area contributed by atoms with Gasteiger partial charge < -0.3 is 9.64 Å². The lowest BCUT2D eigenvalue weighted by molar-refractivity contribution is 0.122. The van der Waals surface area contributed by atoms with E-state index in [-0.39, 0.29) is 5.82 Å². The molecule has 0 aliphatic carbocycles. The zero-order valence-corrected chi connectivity index (χ0v) is 15.9. The number of aromatic nitrogens is 5. The molecule has 1 aromatic carbocycles. The molecule has 1 aliphatic rings. The Morgan fingerprint density at radius 1 is 1.07 bits per heavy atom. The van der Waals surface area contributed by atoms with Crippen LogP contribution >= 0.6 is 0 Å². The van der Waals surface area contributed by atoms with E-state index in [4.69, 9.17) is 14.7 Å². The first kappa shape index (κ1) is 17.7. The van der Waals surface area contributed by atoms with Crippen LogP contribution in [-0.2, 0) is 4.74 Å². The van der Waals surface area contributed by atoms with Crippen molar-refractivity contribution < 1.29 is 9.13 Å². The molecule has 1 fully saturated rings. The highest BCUT2D eigenvalue weighted by Crippen LogP contribution is 2.27. The Labute approximate surface area is 166 Å². The predicted molar refractivity (Wildman–Crippen MR) is 108 cm³/mol. The summed E-state index contributed by atoms with van der Waals surface area (Å²) in [6, 6.07) is 10.2. The van der Waals surface area contributed by atoms with Crippen molar-refractivity contribution >= 4 is 16.9 Å². The van der Waals surface area contributed by atoms with Gasteiger partial charge in [0.15, 0.2) is 5.82 Å². The number of aryl methyl sites for hydroxylation is 1. The van der Waals surface area contributed by atoms with Gasteiger partial charge in [0, 0.05) is 24.8 Å². The Morgan fingerprint density at radius 2 is 1.93 bits per heavy atom. The van der Waals surface area contributed by atoms with Crippen molar-refractivity contribution in [3.8, 4) is 17.2 Å². The summed E-state index contributed by atoms with van der Waals surface area (Å²) in [7, 11) is 0. The molecule has 0 amide bonds. The number of morpholine rings is 1. The second kappa shape index (κ2) is 7.21. The standard InChI is InChI=1S/C21H19FN6O/c1-14-11-17-19(23-13-14)20(27-7-9-29-10-8-27)26-21(25-17)28-18(5-6-24-28)15-3-2-4-16(22)12-15/h2-6,11-13H,7-10H2,1H3. The van der Waals surface area contributed by atoms with E-state index in [0.717, 1.165) is 41.2 Å². The number of rotatable bonds is 3. The zero-order chi connectivity index (χ0) is 19.8. The molecular weight excluding hydrogens is 371 g/mol. The van der Waals surface area contributed by atoms with Crippen molar-refractivity contribution in [2.75, 3.05) is 31.2 Å². The highest BCUT2D eigenvalue weighted by Gasteiger charge is 2.20. The molecule has 146 valence electrons.